The van der Waals surface area contributed by atoms with Crippen LogP contribution in [0.2, 0.25) is 0 Å². The van der Waals surface area contributed by atoms with Crippen molar-refractivity contribution in [2.24, 2.45) is 5.16 Å². The zero-order chi connectivity index (χ0) is 10.3. The van der Waals surface area contributed by atoms with Gasteiger partial charge in [0.15, 0.2) is 0 Å². The minimum absolute atomic E-state index is 0.561. The van der Waals surface area contributed by atoms with E-state index in [4.69, 9.17) is 4.55 Å². The van der Waals surface area contributed by atoms with E-state index >= 15 is 0 Å². The predicted molar refractivity (Wildman–Crippen MR) is 49.9 cm³/mol. The van der Waals surface area contributed by atoms with Gasteiger partial charge in [0, 0.05) is 0 Å². The lowest BCUT2D eigenvalue weighted by molar-refractivity contribution is 0.281. The summed E-state index contributed by atoms with van der Waals surface area (Å²) in [6.45, 7) is 3.72. The van der Waals surface area contributed by atoms with Crippen molar-refractivity contribution in [3.8, 4) is 0 Å². The lowest BCUT2D eigenvalue weighted by Gasteiger charge is -1.98. The smallest absolute Gasteiger partial charge is 0.253 e. The molecule has 0 aliphatic rings. The molecule has 78 valence electrons. The van der Waals surface area contributed by atoms with Crippen LogP contribution in [-0.4, -0.2) is 18.7 Å². The van der Waals surface area contributed by atoms with E-state index in [-0.39, 0.29) is 0 Å². The van der Waals surface area contributed by atoms with Crippen LogP contribution in [0, 0.1) is 0 Å². The number of hydrogen-bond acceptors (Lipinski definition) is 4. The summed E-state index contributed by atoms with van der Waals surface area (Å²) in [5, 5.41) is 3.25. The van der Waals surface area contributed by atoms with Crippen LogP contribution in [0.1, 0.15) is 39.5 Å². The minimum Gasteiger partial charge on any atom is -0.253 e. The van der Waals surface area contributed by atoms with E-state index in [0.717, 1.165) is 19.3 Å². The number of rotatable bonds is 6. The maximum Gasteiger partial charge on any atom is 0.466 e. The summed E-state index contributed by atoms with van der Waals surface area (Å²) in [7, 11) is -4.44. The Morgan fingerprint density at radius 3 is 2.54 bits per heavy atom. The van der Waals surface area contributed by atoms with Gasteiger partial charge >= 0.3 is 10.4 Å². The summed E-state index contributed by atoms with van der Waals surface area (Å²) < 4.78 is 32.2. The average molecular weight is 209 g/mol. The Bertz CT molecular complexity index is 258. The summed E-state index contributed by atoms with van der Waals surface area (Å²) >= 11 is 0. The molecule has 0 aliphatic carbocycles. The molecule has 0 rings (SSSR count). The Labute approximate surface area is 78.7 Å². The fourth-order valence-electron chi connectivity index (χ4n) is 0.787. The van der Waals surface area contributed by atoms with Crippen molar-refractivity contribution < 1.29 is 17.3 Å². The molecule has 0 aromatic carbocycles. The van der Waals surface area contributed by atoms with Crippen molar-refractivity contribution >= 4 is 16.1 Å². The number of oxime groups is 1. The monoisotopic (exact) mass is 209 g/mol. The number of hydrogen-bond donors (Lipinski definition) is 1. The molecule has 0 amide bonds. The molecular weight excluding hydrogens is 194 g/mol. The third-order valence-corrected chi connectivity index (χ3v) is 1.69. The van der Waals surface area contributed by atoms with Crippen LogP contribution >= 0.6 is 0 Å². The van der Waals surface area contributed by atoms with E-state index in [1.807, 2.05) is 0 Å². The van der Waals surface area contributed by atoms with Crippen molar-refractivity contribution in [3.63, 3.8) is 0 Å². The van der Waals surface area contributed by atoms with Gasteiger partial charge in [0.05, 0.1) is 5.71 Å². The highest BCUT2D eigenvalue weighted by molar-refractivity contribution is 7.80. The molecule has 0 atom stereocenters. The lowest BCUT2D eigenvalue weighted by Crippen LogP contribution is -2.01. The maximum absolute atomic E-state index is 10.1. The van der Waals surface area contributed by atoms with Gasteiger partial charge in [-0.2, -0.15) is 8.42 Å². The molecule has 0 heterocycles. The van der Waals surface area contributed by atoms with Crippen molar-refractivity contribution in [2.75, 3.05) is 0 Å². The molecule has 0 unspecified atom stereocenters. The van der Waals surface area contributed by atoms with Gasteiger partial charge in [-0.05, 0) is 19.8 Å². The van der Waals surface area contributed by atoms with Crippen LogP contribution in [0.4, 0.5) is 0 Å². The van der Waals surface area contributed by atoms with E-state index < -0.39 is 10.4 Å². The highest BCUT2D eigenvalue weighted by Gasteiger charge is 2.02. The Balaban J connectivity index is 3.76. The Hall–Kier alpha value is -0.620. The van der Waals surface area contributed by atoms with Crippen LogP contribution in [0.15, 0.2) is 5.16 Å². The van der Waals surface area contributed by atoms with Crippen molar-refractivity contribution in [2.45, 2.75) is 39.5 Å². The highest BCUT2D eigenvalue weighted by Crippen LogP contribution is 2.01. The topological polar surface area (TPSA) is 76.0 Å². The number of unbranched alkanes of at least 4 members (excludes halogenated alkanes) is 2. The van der Waals surface area contributed by atoms with Crippen LogP contribution in [0.25, 0.3) is 0 Å². The van der Waals surface area contributed by atoms with Gasteiger partial charge in [0.1, 0.15) is 0 Å². The van der Waals surface area contributed by atoms with Crippen molar-refractivity contribution in [1.29, 1.82) is 0 Å². The zero-order valence-electron chi connectivity index (χ0n) is 7.86. The second-order valence-electron chi connectivity index (χ2n) is 2.79. The first-order valence-corrected chi connectivity index (χ1v) is 5.51. The van der Waals surface area contributed by atoms with E-state index in [9.17, 15) is 8.42 Å². The van der Waals surface area contributed by atoms with E-state index in [1.165, 1.54) is 0 Å². The van der Waals surface area contributed by atoms with Gasteiger partial charge in [-0.3, -0.25) is 4.55 Å². The molecule has 0 radical (unpaired) electrons. The first-order valence-electron chi connectivity index (χ1n) is 4.15. The SMILES string of the molecule is CCCCC/C(C)=N/OS(=O)(=O)O. The molecule has 0 aromatic rings. The fraction of sp³-hybridized carbons (Fsp3) is 0.857. The van der Waals surface area contributed by atoms with Crippen molar-refractivity contribution in [1.82, 2.24) is 0 Å². The summed E-state index contributed by atoms with van der Waals surface area (Å²) in [4.78, 5) is 0. The lowest BCUT2D eigenvalue weighted by atomic mass is 10.1. The molecule has 0 saturated heterocycles. The maximum atomic E-state index is 10.1. The molecule has 0 spiro atoms. The van der Waals surface area contributed by atoms with Gasteiger partial charge in [0.2, 0.25) is 0 Å². The standard InChI is InChI=1S/C7H15NO4S/c1-3-4-5-6-7(2)8-12-13(9,10)11/h3-6H2,1-2H3,(H,9,10,11)/b8-7+. The average Bonchev–Trinajstić information content (AvgIpc) is 2.00. The third-order valence-electron chi connectivity index (χ3n) is 1.43. The first kappa shape index (κ1) is 12.4. The molecule has 0 aliphatic heterocycles. The van der Waals surface area contributed by atoms with Gasteiger partial charge < -0.3 is 0 Å². The molecular formula is C7H15NO4S. The summed E-state index contributed by atoms with van der Waals surface area (Å²) in [6.07, 6.45) is 3.79. The van der Waals surface area contributed by atoms with Crippen LogP contribution in [0.3, 0.4) is 0 Å². The molecule has 13 heavy (non-hydrogen) atoms. The Morgan fingerprint density at radius 1 is 1.46 bits per heavy atom. The minimum atomic E-state index is -4.44. The summed E-state index contributed by atoms with van der Waals surface area (Å²) in [5.74, 6) is 0. The van der Waals surface area contributed by atoms with Gasteiger partial charge in [-0.25, -0.2) is 4.28 Å². The zero-order valence-corrected chi connectivity index (χ0v) is 8.67. The normalized spacial score (nSPS) is 13.0. The molecule has 1 N–H and O–H groups in total. The largest absolute Gasteiger partial charge is 0.466 e. The molecule has 5 nitrogen and oxygen atoms in total. The van der Waals surface area contributed by atoms with E-state index in [0.29, 0.717) is 12.1 Å². The fourth-order valence-corrected chi connectivity index (χ4v) is 1.01. The first-order chi connectivity index (χ1) is 5.95. The van der Waals surface area contributed by atoms with Gasteiger partial charge in [-0.1, -0.05) is 24.9 Å². The third kappa shape index (κ3) is 9.29. The van der Waals surface area contributed by atoms with E-state index in [2.05, 4.69) is 16.4 Å². The van der Waals surface area contributed by atoms with Crippen LogP contribution < -0.4 is 0 Å². The molecule has 0 fully saturated rings. The molecule has 0 aromatic heterocycles. The summed E-state index contributed by atoms with van der Waals surface area (Å²) in [6, 6.07) is 0. The summed E-state index contributed by atoms with van der Waals surface area (Å²) in [5.41, 5.74) is 0.561. The highest BCUT2D eigenvalue weighted by atomic mass is 32.3. The second-order valence-corrected chi connectivity index (χ2v) is 3.79. The Morgan fingerprint density at radius 2 is 2.08 bits per heavy atom. The molecule has 0 bridgehead atoms. The second kappa shape index (κ2) is 5.93. The molecule has 0 saturated carbocycles. The van der Waals surface area contributed by atoms with Gasteiger partial charge in [-0.15, -0.1) is 0 Å². The van der Waals surface area contributed by atoms with Gasteiger partial charge in [0.25, 0.3) is 0 Å². The van der Waals surface area contributed by atoms with Crippen molar-refractivity contribution in [3.05, 3.63) is 0 Å². The van der Waals surface area contributed by atoms with Crippen LogP contribution in [0.5, 0.6) is 0 Å². The van der Waals surface area contributed by atoms with Crippen LogP contribution in [-0.2, 0) is 14.7 Å². The number of nitrogens with zero attached hydrogens (tertiary/aromatic N) is 1. The Kier molecular flexibility index (Phi) is 5.65. The predicted octanol–water partition coefficient (Wildman–Crippen LogP) is 1.76. The molecule has 6 heteroatoms. The van der Waals surface area contributed by atoms with E-state index in [1.54, 1.807) is 6.92 Å². The quantitative estimate of drug-likeness (QED) is 0.313.